The standard InChI is InChI=1S/C18H26N4O3/c1-20(2)11-12-21-10-8-19-17(21)14-5-4-9-22(13-14)18(23)15-6-7-16(24-3)25-15/h6-8,10,14H,4-5,9,11-13H2,1-3H3/t14-/m0/s1. The first kappa shape index (κ1) is 17.5. The van der Waals surface area contributed by atoms with Crippen molar-refractivity contribution in [2.45, 2.75) is 25.3 Å². The van der Waals surface area contributed by atoms with Gasteiger partial charge in [0.1, 0.15) is 5.82 Å². The molecule has 2 aromatic heterocycles. The van der Waals surface area contributed by atoms with Crippen molar-refractivity contribution in [1.82, 2.24) is 19.4 Å². The Labute approximate surface area is 148 Å². The van der Waals surface area contributed by atoms with Crippen LogP contribution < -0.4 is 4.74 Å². The molecule has 7 heteroatoms. The molecule has 0 aromatic carbocycles. The molecule has 2 aromatic rings. The van der Waals surface area contributed by atoms with Gasteiger partial charge >= 0.3 is 0 Å². The van der Waals surface area contributed by atoms with E-state index >= 15 is 0 Å². The summed E-state index contributed by atoms with van der Waals surface area (Å²) in [4.78, 5) is 21.3. The van der Waals surface area contributed by atoms with Gasteiger partial charge in [-0.15, -0.1) is 0 Å². The molecule has 3 heterocycles. The number of likely N-dealkylation sites (N-methyl/N-ethyl adjacent to an activating group) is 1. The van der Waals surface area contributed by atoms with E-state index in [9.17, 15) is 4.79 Å². The molecule has 1 atom stereocenters. The smallest absolute Gasteiger partial charge is 0.289 e. The third-order valence-corrected chi connectivity index (χ3v) is 4.60. The lowest BCUT2D eigenvalue weighted by atomic mass is 9.97. The van der Waals surface area contributed by atoms with Gasteiger partial charge in [0.25, 0.3) is 11.9 Å². The van der Waals surface area contributed by atoms with E-state index in [-0.39, 0.29) is 11.8 Å². The molecule has 25 heavy (non-hydrogen) atoms. The molecule has 1 aliphatic rings. The molecule has 0 radical (unpaired) electrons. The number of carbonyl (C=O) groups is 1. The molecule has 1 amide bonds. The molecule has 3 rings (SSSR count). The lowest BCUT2D eigenvalue weighted by Gasteiger charge is -2.32. The number of furan rings is 1. The SMILES string of the molecule is COc1ccc(C(=O)N2CCC[C@H](c3nccn3CCN(C)C)C2)o1. The second-order valence-corrected chi connectivity index (χ2v) is 6.70. The van der Waals surface area contributed by atoms with Crippen LogP contribution in [0.3, 0.4) is 0 Å². The van der Waals surface area contributed by atoms with Gasteiger partial charge in [0.05, 0.1) is 7.11 Å². The average Bonchev–Trinajstić information content (AvgIpc) is 3.28. The lowest BCUT2D eigenvalue weighted by molar-refractivity contribution is 0.0665. The number of piperidine rings is 1. The number of rotatable bonds is 6. The number of ether oxygens (including phenoxy) is 1. The second-order valence-electron chi connectivity index (χ2n) is 6.70. The lowest BCUT2D eigenvalue weighted by Crippen LogP contribution is -2.39. The number of imidazole rings is 1. The zero-order valence-corrected chi connectivity index (χ0v) is 15.1. The number of aromatic nitrogens is 2. The van der Waals surface area contributed by atoms with Gasteiger partial charge in [-0.25, -0.2) is 4.98 Å². The highest BCUT2D eigenvalue weighted by Gasteiger charge is 2.29. The molecule has 136 valence electrons. The maximum absolute atomic E-state index is 12.7. The van der Waals surface area contributed by atoms with Gasteiger partial charge < -0.3 is 23.5 Å². The van der Waals surface area contributed by atoms with Crippen LogP contribution in [0.25, 0.3) is 0 Å². The number of likely N-dealkylation sites (tertiary alicyclic amines) is 1. The van der Waals surface area contributed by atoms with E-state index < -0.39 is 0 Å². The van der Waals surface area contributed by atoms with Crippen molar-refractivity contribution in [3.8, 4) is 5.95 Å². The summed E-state index contributed by atoms with van der Waals surface area (Å²) < 4.78 is 12.6. The van der Waals surface area contributed by atoms with Crippen LogP contribution in [-0.2, 0) is 6.54 Å². The zero-order valence-electron chi connectivity index (χ0n) is 15.1. The Morgan fingerprint density at radius 2 is 2.28 bits per heavy atom. The molecule has 1 saturated heterocycles. The maximum Gasteiger partial charge on any atom is 0.289 e. The van der Waals surface area contributed by atoms with Gasteiger partial charge in [-0.05, 0) is 33.0 Å². The zero-order chi connectivity index (χ0) is 17.8. The Morgan fingerprint density at radius 3 is 3.00 bits per heavy atom. The monoisotopic (exact) mass is 346 g/mol. The van der Waals surface area contributed by atoms with Crippen LogP contribution >= 0.6 is 0 Å². The number of amides is 1. The minimum Gasteiger partial charge on any atom is -0.468 e. The van der Waals surface area contributed by atoms with E-state index in [0.29, 0.717) is 18.3 Å². The van der Waals surface area contributed by atoms with E-state index in [2.05, 4.69) is 28.5 Å². The molecule has 0 aliphatic carbocycles. The van der Waals surface area contributed by atoms with E-state index in [4.69, 9.17) is 9.15 Å². The first-order valence-electron chi connectivity index (χ1n) is 8.67. The predicted octanol–water partition coefficient (Wildman–Crippen LogP) is 2.07. The summed E-state index contributed by atoms with van der Waals surface area (Å²) >= 11 is 0. The molecular formula is C18H26N4O3. The summed E-state index contributed by atoms with van der Waals surface area (Å²) in [6.07, 6.45) is 5.89. The van der Waals surface area contributed by atoms with Crippen LogP contribution in [0.5, 0.6) is 5.95 Å². The molecule has 7 nitrogen and oxygen atoms in total. The molecule has 0 N–H and O–H groups in total. The van der Waals surface area contributed by atoms with Crippen LogP contribution in [0.1, 0.15) is 35.1 Å². The Hall–Kier alpha value is -2.28. The van der Waals surface area contributed by atoms with Crippen molar-refractivity contribution < 1.29 is 13.9 Å². The van der Waals surface area contributed by atoms with Crippen LogP contribution in [0.4, 0.5) is 0 Å². The number of hydrogen-bond acceptors (Lipinski definition) is 5. The Bertz CT molecular complexity index is 707. The van der Waals surface area contributed by atoms with E-state index in [1.807, 2.05) is 17.3 Å². The second kappa shape index (κ2) is 7.74. The first-order chi connectivity index (χ1) is 12.1. The fraction of sp³-hybridized carbons (Fsp3) is 0.556. The van der Waals surface area contributed by atoms with Crippen LogP contribution in [-0.4, -0.2) is 66.1 Å². The summed E-state index contributed by atoms with van der Waals surface area (Å²) in [5.41, 5.74) is 0. The minimum absolute atomic E-state index is 0.0839. The van der Waals surface area contributed by atoms with Crippen molar-refractivity contribution in [2.24, 2.45) is 0 Å². The van der Waals surface area contributed by atoms with Gasteiger partial charge in [0, 0.05) is 50.6 Å². The predicted molar refractivity (Wildman–Crippen MR) is 93.9 cm³/mol. The Balaban J connectivity index is 1.69. The highest BCUT2D eigenvalue weighted by atomic mass is 16.6. The summed E-state index contributed by atoms with van der Waals surface area (Å²) in [5.74, 6) is 1.92. The fourth-order valence-corrected chi connectivity index (χ4v) is 3.25. The van der Waals surface area contributed by atoms with Gasteiger partial charge in [-0.3, -0.25) is 4.79 Å². The topological polar surface area (TPSA) is 63.7 Å². The summed E-state index contributed by atoms with van der Waals surface area (Å²) in [6.45, 7) is 3.28. The molecule has 1 fully saturated rings. The van der Waals surface area contributed by atoms with Gasteiger partial charge in [0.2, 0.25) is 0 Å². The van der Waals surface area contributed by atoms with Crippen molar-refractivity contribution in [3.05, 3.63) is 36.1 Å². The number of hydrogen-bond donors (Lipinski definition) is 0. The van der Waals surface area contributed by atoms with Crippen LogP contribution in [0, 0.1) is 0 Å². The van der Waals surface area contributed by atoms with Crippen LogP contribution in [0.2, 0.25) is 0 Å². The van der Waals surface area contributed by atoms with Crippen molar-refractivity contribution in [1.29, 1.82) is 0 Å². The molecule has 1 aliphatic heterocycles. The normalized spacial score (nSPS) is 17.9. The summed E-state index contributed by atoms with van der Waals surface area (Å²) in [7, 11) is 5.65. The molecule has 0 bridgehead atoms. The third kappa shape index (κ3) is 4.04. The number of nitrogens with zero attached hydrogens (tertiary/aromatic N) is 4. The highest BCUT2D eigenvalue weighted by Crippen LogP contribution is 2.27. The quantitative estimate of drug-likeness (QED) is 0.801. The Kier molecular flexibility index (Phi) is 5.43. The first-order valence-corrected chi connectivity index (χ1v) is 8.67. The van der Waals surface area contributed by atoms with Crippen molar-refractivity contribution in [3.63, 3.8) is 0 Å². The van der Waals surface area contributed by atoms with Crippen LogP contribution in [0.15, 0.2) is 28.9 Å². The third-order valence-electron chi connectivity index (χ3n) is 4.60. The molecule has 0 unspecified atom stereocenters. The molecule has 0 spiro atoms. The van der Waals surface area contributed by atoms with Gasteiger partial charge in [-0.2, -0.15) is 0 Å². The van der Waals surface area contributed by atoms with E-state index in [1.54, 1.807) is 12.1 Å². The van der Waals surface area contributed by atoms with E-state index in [0.717, 1.165) is 38.3 Å². The maximum atomic E-state index is 12.7. The average molecular weight is 346 g/mol. The Morgan fingerprint density at radius 1 is 1.44 bits per heavy atom. The number of carbonyl (C=O) groups excluding carboxylic acids is 1. The fourth-order valence-electron chi connectivity index (χ4n) is 3.25. The summed E-state index contributed by atoms with van der Waals surface area (Å²) in [6, 6.07) is 3.34. The molecular weight excluding hydrogens is 320 g/mol. The minimum atomic E-state index is -0.0839. The highest BCUT2D eigenvalue weighted by molar-refractivity contribution is 5.91. The van der Waals surface area contributed by atoms with Crippen molar-refractivity contribution in [2.75, 3.05) is 40.8 Å². The number of methoxy groups -OCH3 is 1. The largest absolute Gasteiger partial charge is 0.468 e. The van der Waals surface area contributed by atoms with Gasteiger partial charge in [-0.1, -0.05) is 0 Å². The molecule has 0 saturated carbocycles. The van der Waals surface area contributed by atoms with Gasteiger partial charge in [0.15, 0.2) is 5.76 Å². The summed E-state index contributed by atoms with van der Waals surface area (Å²) in [5, 5.41) is 0. The van der Waals surface area contributed by atoms with Crippen molar-refractivity contribution >= 4 is 5.91 Å². The van der Waals surface area contributed by atoms with E-state index in [1.165, 1.54) is 7.11 Å².